The molecule has 0 atom stereocenters. The summed E-state index contributed by atoms with van der Waals surface area (Å²) in [5.74, 6) is -1.31. The van der Waals surface area contributed by atoms with Crippen LogP contribution in [-0.2, 0) is 4.74 Å². The molecule has 21 heavy (non-hydrogen) atoms. The van der Waals surface area contributed by atoms with E-state index in [0.29, 0.717) is 16.9 Å². The molecule has 1 aromatic carbocycles. The van der Waals surface area contributed by atoms with Crippen molar-refractivity contribution in [3.05, 3.63) is 47.8 Å². The van der Waals surface area contributed by atoms with E-state index in [1.54, 1.807) is 24.3 Å². The molecule has 0 bridgehead atoms. The zero-order valence-electron chi connectivity index (χ0n) is 11.5. The smallest absolute Gasteiger partial charge is 0.354 e. The van der Waals surface area contributed by atoms with E-state index in [9.17, 15) is 9.59 Å². The summed E-state index contributed by atoms with van der Waals surface area (Å²) in [4.78, 5) is 26.7. The summed E-state index contributed by atoms with van der Waals surface area (Å²) in [5, 5.41) is 8.99. The maximum absolute atomic E-state index is 11.9. The Morgan fingerprint density at radius 1 is 1.14 bits per heavy atom. The molecule has 0 radical (unpaired) electrons. The van der Waals surface area contributed by atoms with Crippen molar-refractivity contribution in [1.29, 1.82) is 0 Å². The Morgan fingerprint density at radius 2 is 1.86 bits per heavy atom. The van der Waals surface area contributed by atoms with Crippen molar-refractivity contribution in [1.82, 2.24) is 4.98 Å². The number of benzene rings is 1. The topological polar surface area (TPSA) is 85.7 Å². The Morgan fingerprint density at radius 3 is 2.48 bits per heavy atom. The van der Waals surface area contributed by atoms with Crippen LogP contribution in [0.15, 0.2) is 36.5 Å². The van der Waals surface area contributed by atoms with Gasteiger partial charge in [0.25, 0.3) is 0 Å². The molecule has 6 nitrogen and oxygen atoms in total. The van der Waals surface area contributed by atoms with Gasteiger partial charge in [0.1, 0.15) is 11.4 Å². The van der Waals surface area contributed by atoms with Crippen LogP contribution in [0.5, 0.6) is 5.75 Å². The van der Waals surface area contributed by atoms with E-state index in [4.69, 9.17) is 14.6 Å². The Labute approximate surface area is 121 Å². The molecule has 0 amide bonds. The number of nitrogens with zero attached hydrogens (tertiary/aromatic N) is 1. The molecular weight excluding hydrogens is 274 g/mol. The molecule has 0 aliphatic heterocycles. The van der Waals surface area contributed by atoms with Gasteiger partial charge in [0.05, 0.1) is 19.8 Å². The summed E-state index contributed by atoms with van der Waals surface area (Å²) in [6, 6.07) is 8.25. The highest BCUT2D eigenvalue weighted by molar-refractivity contribution is 6.00. The molecule has 0 unspecified atom stereocenters. The van der Waals surface area contributed by atoms with Crippen molar-refractivity contribution in [2.45, 2.75) is 0 Å². The standard InChI is InChI=1S/C15H13NO5/c1-20-13-6-4-3-5-9(13)11-8-16-12(14(17)18)7-10(11)15(19)21-2/h3-8H,1-2H3,(H,17,18). The largest absolute Gasteiger partial charge is 0.496 e. The lowest BCUT2D eigenvalue weighted by molar-refractivity contribution is 0.0601. The van der Waals surface area contributed by atoms with Gasteiger partial charge in [-0.25, -0.2) is 14.6 Å². The first-order valence-corrected chi connectivity index (χ1v) is 6.03. The Kier molecular flexibility index (Phi) is 4.18. The molecule has 2 aromatic rings. The van der Waals surface area contributed by atoms with Crippen molar-refractivity contribution in [3.63, 3.8) is 0 Å². The number of para-hydroxylation sites is 1. The van der Waals surface area contributed by atoms with Crippen molar-refractivity contribution in [3.8, 4) is 16.9 Å². The molecule has 1 N–H and O–H groups in total. The van der Waals surface area contributed by atoms with E-state index in [2.05, 4.69) is 4.98 Å². The number of esters is 1. The van der Waals surface area contributed by atoms with E-state index in [0.717, 1.165) is 0 Å². The highest BCUT2D eigenvalue weighted by atomic mass is 16.5. The summed E-state index contributed by atoms with van der Waals surface area (Å²) in [6.07, 6.45) is 1.33. The molecule has 1 aromatic heterocycles. The number of aromatic nitrogens is 1. The van der Waals surface area contributed by atoms with Crippen molar-refractivity contribution in [2.75, 3.05) is 14.2 Å². The van der Waals surface area contributed by atoms with Crippen LogP contribution in [0.2, 0.25) is 0 Å². The van der Waals surface area contributed by atoms with Crippen LogP contribution in [0.3, 0.4) is 0 Å². The minimum atomic E-state index is -1.22. The zero-order chi connectivity index (χ0) is 15.4. The maximum Gasteiger partial charge on any atom is 0.354 e. The summed E-state index contributed by atoms with van der Waals surface area (Å²) in [6.45, 7) is 0. The van der Waals surface area contributed by atoms with Gasteiger partial charge in [0.2, 0.25) is 0 Å². The van der Waals surface area contributed by atoms with E-state index in [1.807, 2.05) is 0 Å². The number of hydrogen-bond donors (Lipinski definition) is 1. The number of aromatic carboxylic acids is 1. The molecule has 0 fully saturated rings. The van der Waals surface area contributed by atoms with Gasteiger partial charge in [-0.05, 0) is 12.1 Å². The fourth-order valence-corrected chi connectivity index (χ4v) is 1.93. The predicted octanol–water partition coefficient (Wildman–Crippen LogP) is 2.24. The molecule has 0 aliphatic rings. The van der Waals surface area contributed by atoms with Gasteiger partial charge in [-0.3, -0.25) is 0 Å². The molecule has 6 heteroatoms. The second-order valence-electron chi connectivity index (χ2n) is 4.11. The number of carboxylic acids is 1. The maximum atomic E-state index is 11.9. The minimum Gasteiger partial charge on any atom is -0.496 e. The van der Waals surface area contributed by atoms with Crippen molar-refractivity contribution in [2.24, 2.45) is 0 Å². The fourth-order valence-electron chi connectivity index (χ4n) is 1.93. The average molecular weight is 287 g/mol. The zero-order valence-corrected chi connectivity index (χ0v) is 11.5. The second-order valence-corrected chi connectivity index (χ2v) is 4.11. The summed E-state index contributed by atoms with van der Waals surface area (Å²) in [7, 11) is 2.74. The molecule has 108 valence electrons. The lowest BCUT2D eigenvalue weighted by atomic mass is 10.00. The fraction of sp³-hybridized carbons (Fsp3) is 0.133. The first-order chi connectivity index (χ1) is 10.1. The van der Waals surface area contributed by atoms with Crippen LogP contribution < -0.4 is 4.74 Å². The predicted molar refractivity (Wildman–Crippen MR) is 74.5 cm³/mol. The van der Waals surface area contributed by atoms with Gasteiger partial charge < -0.3 is 14.6 Å². The third-order valence-corrected chi connectivity index (χ3v) is 2.93. The number of carboxylic acid groups (broad SMARTS) is 1. The highest BCUT2D eigenvalue weighted by Crippen LogP contribution is 2.32. The Bertz CT molecular complexity index is 696. The summed E-state index contributed by atoms with van der Waals surface area (Å²) in [5.41, 5.74) is 0.970. The monoisotopic (exact) mass is 287 g/mol. The van der Waals surface area contributed by atoms with E-state index < -0.39 is 11.9 Å². The van der Waals surface area contributed by atoms with E-state index in [1.165, 1.54) is 26.5 Å². The Hall–Kier alpha value is -2.89. The first-order valence-electron chi connectivity index (χ1n) is 6.03. The summed E-state index contributed by atoms with van der Waals surface area (Å²) < 4.78 is 9.96. The molecule has 1 heterocycles. The lowest BCUT2D eigenvalue weighted by Gasteiger charge is -2.12. The average Bonchev–Trinajstić information content (AvgIpc) is 2.53. The van der Waals surface area contributed by atoms with Crippen molar-refractivity contribution >= 4 is 11.9 Å². The second kappa shape index (κ2) is 6.04. The van der Waals surface area contributed by atoms with Crippen LogP contribution in [0.4, 0.5) is 0 Å². The highest BCUT2D eigenvalue weighted by Gasteiger charge is 2.19. The number of methoxy groups -OCH3 is 2. The normalized spacial score (nSPS) is 10.0. The molecule has 0 aliphatic carbocycles. The minimum absolute atomic E-state index is 0.120. The van der Waals surface area contributed by atoms with Gasteiger partial charge in [-0.15, -0.1) is 0 Å². The molecule has 2 rings (SSSR count). The van der Waals surface area contributed by atoms with Gasteiger partial charge in [0.15, 0.2) is 0 Å². The SMILES string of the molecule is COC(=O)c1cc(C(=O)O)ncc1-c1ccccc1OC. The number of ether oxygens (including phenoxy) is 2. The number of hydrogen-bond acceptors (Lipinski definition) is 5. The number of pyridine rings is 1. The summed E-state index contributed by atoms with van der Waals surface area (Å²) >= 11 is 0. The van der Waals surface area contributed by atoms with Gasteiger partial charge >= 0.3 is 11.9 Å². The van der Waals surface area contributed by atoms with Crippen LogP contribution in [0.1, 0.15) is 20.8 Å². The number of rotatable bonds is 4. The lowest BCUT2D eigenvalue weighted by Crippen LogP contribution is -2.09. The van der Waals surface area contributed by atoms with Gasteiger partial charge in [0, 0.05) is 17.3 Å². The first kappa shape index (κ1) is 14.5. The van der Waals surface area contributed by atoms with Crippen molar-refractivity contribution < 1.29 is 24.2 Å². The molecule has 0 spiro atoms. The third kappa shape index (κ3) is 2.84. The molecule has 0 saturated carbocycles. The van der Waals surface area contributed by atoms with Crippen LogP contribution in [0.25, 0.3) is 11.1 Å². The van der Waals surface area contributed by atoms with Crippen LogP contribution in [-0.4, -0.2) is 36.2 Å². The quantitative estimate of drug-likeness (QED) is 0.868. The van der Waals surface area contributed by atoms with Crippen LogP contribution >= 0.6 is 0 Å². The van der Waals surface area contributed by atoms with E-state index in [-0.39, 0.29) is 11.3 Å². The van der Waals surface area contributed by atoms with Gasteiger partial charge in [-0.1, -0.05) is 18.2 Å². The van der Waals surface area contributed by atoms with Gasteiger partial charge in [-0.2, -0.15) is 0 Å². The Balaban J connectivity index is 2.67. The van der Waals surface area contributed by atoms with Crippen LogP contribution in [0, 0.1) is 0 Å². The van der Waals surface area contributed by atoms with E-state index >= 15 is 0 Å². The number of carbonyl (C=O) groups excluding carboxylic acids is 1. The third-order valence-electron chi connectivity index (χ3n) is 2.93. The number of carbonyl (C=O) groups is 2. The molecule has 0 saturated heterocycles. The molecular formula is C15H13NO5.